The van der Waals surface area contributed by atoms with Crippen molar-refractivity contribution in [3.63, 3.8) is 0 Å². The second kappa shape index (κ2) is 2.73. The van der Waals surface area contributed by atoms with E-state index in [1.54, 1.807) is 6.08 Å². The maximum absolute atomic E-state index is 10.4. The Hall–Kier alpha value is -0.700. The van der Waals surface area contributed by atoms with E-state index in [0.29, 0.717) is 4.91 Å². The van der Waals surface area contributed by atoms with Gasteiger partial charge in [0.2, 0.25) is 0 Å². The Morgan fingerprint density at radius 3 is 3.00 bits per heavy atom. The van der Waals surface area contributed by atoms with Crippen molar-refractivity contribution in [3.8, 4) is 0 Å². The largest absolute Gasteiger partial charge is 0.365 e. The van der Waals surface area contributed by atoms with Crippen molar-refractivity contribution in [1.29, 1.82) is 0 Å². The van der Waals surface area contributed by atoms with Crippen LogP contribution < -0.4 is 5.73 Å². The normalized spacial score (nSPS) is 17.1. The lowest BCUT2D eigenvalue weighted by Crippen LogP contribution is -2.12. The number of allylic oxidation sites excluding steroid dienone is 2. The van der Waals surface area contributed by atoms with E-state index in [4.69, 9.17) is 5.73 Å². The van der Waals surface area contributed by atoms with Crippen molar-refractivity contribution in [1.82, 2.24) is 0 Å². The molecule has 1 aliphatic rings. The molecule has 47 valence electrons. The summed E-state index contributed by atoms with van der Waals surface area (Å²) in [6.45, 7) is 0. The van der Waals surface area contributed by atoms with Gasteiger partial charge in [0.15, 0.2) is 0 Å². The van der Waals surface area contributed by atoms with Gasteiger partial charge in [-0.2, -0.15) is 0 Å². The van der Waals surface area contributed by atoms with Crippen LogP contribution >= 0.6 is 11.8 Å². The summed E-state index contributed by atoms with van der Waals surface area (Å²) in [6, 6.07) is 0. The Balaban J connectivity index is 2.68. The fourth-order valence-corrected chi connectivity index (χ4v) is 1.15. The zero-order chi connectivity index (χ0) is 6.69. The van der Waals surface area contributed by atoms with Gasteiger partial charge in [-0.25, -0.2) is 0 Å². The number of carbonyl (C=O) groups excluding carboxylic acids is 1. The third-order valence-corrected chi connectivity index (χ3v) is 1.86. The van der Waals surface area contributed by atoms with E-state index in [0.717, 1.165) is 5.75 Å². The van der Waals surface area contributed by atoms with Crippen LogP contribution in [0.15, 0.2) is 17.1 Å². The Bertz CT molecular complexity index is 183. The van der Waals surface area contributed by atoms with E-state index in [1.165, 1.54) is 11.8 Å². The van der Waals surface area contributed by atoms with Gasteiger partial charge in [0, 0.05) is 5.75 Å². The number of amides is 1. The molecule has 1 radical (unpaired) electrons. The molecule has 0 saturated carbocycles. The minimum Gasteiger partial charge on any atom is -0.365 e. The van der Waals surface area contributed by atoms with Crippen molar-refractivity contribution in [3.05, 3.63) is 23.1 Å². The highest BCUT2D eigenvalue weighted by atomic mass is 32.2. The van der Waals surface area contributed by atoms with Gasteiger partial charge in [-0.3, -0.25) is 4.79 Å². The zero-order valence-corrected chi connectivity index (χ0v) is 5.57. The fraction of sp³-hybridized carbons (Fsp3) is 0.167. The number of rotatable bonds is 1. The van der Waals surface area contributed by atoms with Gasteiger partial charge < -0.3 is 5.73 Å². The molecule has 1 amide bonds. The van der Waals surface area contributed by atoms with Crippen LogP contribution in [0.4, 0.5) is 0 Å². The summed E-state index contributed by atoms with van der Waals surface area (Å²) in [4.78, 5) is 11.0. The summed E-state index contributed by atoms with van der Waals surface area (Å²) in [5.74, 6) is 0.440. The molecule has 1 aliphatic heterocycles. The van der Waals surface area contributed by atoms with E-state index in [9.17, 15) is 4.79 Å². The Labute approximate surface area is 57.8 Å². The van der Waals surface area contributed by atoms with Crippen molar-refractivity contribution in [2.75, 3.05) is 5.75 Å². The Morgan fingerprint density at radius 2 is 2.67 bits per heavy atom. The van der Waals surface area contributed by atoms with Crippen LogP contribution in [0.2, 0.25) is 0 Å². The van der Waals surface area contributed by atoms with Crippen molar-refractivity contribution in [2.45, 2.75) is 0 Å². The topological polar surface area (TPSA) is 43.1 Å². The molecule has 2 N–H and O–H groups in total. The molecule has 3 heteroatoms. The van der Waals surface area contributed by atoms with Crippen LogP contribution in [0, 0.1) is 6.08 Å². The quantitative estimate of drug-likeness (QED) is 0.575. The lowest BCUT2D eigenvalue weighted by molar-refractivity contribution is -0.113. The first-order valence-electron chi connectivity index (χ1n) is 2.51. The SMILES string of the molecule is NC(=O)C1=C[C]=CCS1. The molecule has 9 heavy (non-hydrogen) atoms. The van der Waals surface area contributed by atoms with Crippen LogP contribution in [0.1, 0.15) is 0 Å². The van der Waals surface area contributed by atoms with Gasteiger partial charge in [0.05, 0.1) is 4.91 Å². The molecule has 0 atom stereocenters. The van der Waals surface area contributed by atoms with E-state index in [2.05, 4.69) is 6.08 Å². The molecular formula is C6H6NOS. The first-order chi connectivity index (χ1) is 4.30. The minimum atomic E-state index is -0.361. The lowest BCUT2D eigenvalue weighted by Gasteiger charge is -2.01. The molecule has 0 bridgehead atoms. The van der Waals surface area contributed by atoms with E-state index >= 15 is 0 Å². The summed E-state index contributed by atoms with van der Waals surface area (Å²) in [5, 5.41) is 0. The molecule has 1 heterocycles. The molecule has 0 aromatic heterocycles. The van der Waals surface area contributed by atoms with Crippen LogP contribution in [0.25, 0.3) is 0 Å². The van der Waals surface area contributed by atoms with Crippen LogP contribution in [-0.2, 0) is 4.79 Å². The van der Waals surface area contributed by atoms with Crippen LogP contribution in [0.3, 0.4) is 0 Å². The maximum atomic E-state index is 10.4. The number of primary amides is 1. The molecule has 0 aromatic rings. The second-order valence-corrected chi connectivity index (χ2v) is 2.62. The van der Waals surface area contributed by atoms with Crippen molar-refractivity contribution >= 4 is 17.7 Å². The first-order valence-corrected chi connectivity index (χ1v) is 3.50. The van der Waals surface area contributed by atoms with Gasteiger partial charge in [-0.05, 0) is 12.2 Å². The fourth-order valence-electron chi connectivity index (χ4n) is 0.498. The van der Waals surface area contributed by atoms with E-state index in [1.807, 2.05) is 6.08 Å². The van der Waals surface area contributed by atoms with E-state index < -0.39 is 0 Å². The Morgan fingerprint density at radius 1 is 1.89 bits per heavy atom. The van der Waals surface area contributed by atoms with Crippen LogP contribution in [0.5, 0.6) is 0 Å². The molecule has 0 spiro atoms. The minimum absolute atomic E-state index is 0.361. The van der Waals surface area contributed by atoms with Crippen molar-refractivity contribution < 1.29 is 4.79 Å². The predicted molar refractivity (Wildman–Crippen MR) is 37.5 cm³/mol. The predicted octanol–water partition coefficient (Wildman–Crippen LogP) is 0.462. The molecule has 1 rings (SSSR count). The number of nitrogens with two attached hydrogens (primary N) is 1. The van der Waals surface area contributed by atoms with Crippen LogP contribution in [-0.4, -0.2) is 11.7 Å². The van der Waals surface area contributed by atoms with Gasteiger partial charge in [0.1, 0.15) is 0 Å². The van der Waals surface area contributed by atoms with E-state index in [-0.39, 0.29) is 5.91 Å². The molecule has 0 unspecified atom stereocenters. The zero-order valence-electron chi connectivity index (χ0n) is 4.76. The monoisotopic (exact) mass is 140 g/mol. The molecule has 0 aliphatic carbocycles. The number of thioether (sulfide) groups is 1. The maximum Gasteiger partial charge on any atom is 0.255 e. The number of carbonyl (C=O) groups is 1. The summed E-state index contributed by atoms with van der Waals surface area (Å²) in [5.41, 5.74) is 4.99. The molecule has 0 fully saturated rings. The summed E-state index contributed by atoms with van der Waals surface area (Å²) >= 11 is 1.44. The van der Waals surface area contributed by atoms with Gasteiger partial charge >= 0.3 is 0 Å². The lowest BCUT2D eigenvalue weighted by atomic mass is 10.4. The standard InChI is InChI=1S/C6H6NOS/c7-6(8)5-3-1-2-4-9-5/h2-3H,4H2,(H2,7,8). The summed E-state index contributed by atoms with van der Waals surface area (Å²) in [6.07, 6.45) is 6.27. The molecule has 0 aromatic carbocycles. The average Bonchev–Trinajstić information content (AvgIpc) is 1.90. The van der Waals surface area contributed by atoms with Gasteiger partial charge in [-0.15, -0.1) is 11.8 Å². The van der Waals surface area contributed by atoms with Gasteiger partial charge in [-0.1, -0.05) is 6.08 Å². The highest BCUT2D eigenvalue weighted by Gasteiger charge is 2.04. The summed E-state index contributed by atoms with van der Waals surface area (Å²) < 4.78 is 0. The molecule has 2 nitrogen and oxygen atoms in total. The molecular weight excluding hydrogens is 134 g/mol. The average molecular weight is 140 g/mol. The second-order valence-electron chi connectivity index (χ2n) is 1.55. The molecule has 0 saturated heterocycles. The van der Waals surface area contributed by atoms with Gasteiger partial charge in [0.25, 0.3) is 5.91 Å². The third-order valence-electron chi connectivity index (χ3n) is 0.897. The third kappa shape index (κ3) is 1.61. The first kappa shape index (κ1) is 6.42. The number of hydrogen-bond acceptors (Lipinski definition) is 2. The summed E-state index contributed by atoms with van der Waals surface area (Å²) in [7, 11) is 0. The highest BCUT2D eigenvalue weighted by Crippen LogP contribution is 2.17. The van der Waals surface area contributed by atoms with Crippen molar-refractivity contribution in [2.24, 2.45) is 5.73 Å². The number of hydrogen-bond donors (Lipinski definition) is 1. The Kier molecular flexibility index (Phi) is 1.95. The highest BCUT2D eigenvalue weighted by molar-refractivity contribution is 8.04. The smallest absolute Gasteiger partial charge is 0.255 e.